The second-order valence-corrected chi connectivity index (χ2v) is 4.73. The maximum Gasteiger partial charge on any atom is 0.411 e. The highest BCUT2D eigenvalue weighted by atomic mass is 19.4. The van der Waals surface area contributed by atoms with Crippen LogP contribution in [0.2, 0.25) is 0 Å². The summed E-state index contributed by atoms with van der Waals surface area (Å²) in [6.45, 7) is 1.93. The first-order valence-electron chi connectivity index (χ1n) is 6.26. The van der Waals surface area contributed by atoms with Gasteiger partial charge in [0.25, 0.3) is 0 Å². The lowest BCUT2D eigenvalue weighted by atomic mass is 10.1. The highest BCUT2D eigenvalue weighted by Crippen LogP contribution is 2.25. The zero-order valence-electron chi connectivity index (χ0n) is 11.8. The third kappa shape index (κ3) is 4.03. The Morgan fingerprint density at radius 3 is 2.67 bits per heavy atom. The van der Waals surface area contributed by atoms with Gasteiger partial charge in [0.05, 0.1) is 12.1 Å². The molecule has 0 aromatic carbocycles. The van der Waals surface area contributed by atoms with Gasteiger partial charge >= 0.3 is 6.18 Å². The van der Waals surface area contributed by atoms with E-state index < -0.39 is 18.9 Å². The molecule has 0 saturated heterocycles. The van der Waals surface area contributed by atoms with Gasteiger partial charge in [-0.05, 0) is 13.8 Å². The molecule has 2 aromatic rings. The van der Waals surface area contributed by atoms with Gasteiger partial charge in [-0.1, -0.05) is 5.16 Å². The van der Waals surface area contributed by atoms with Gasteiger partial charge in [0.2, 0.25) is 5.89 Å². The normalized spacial score (nSPS) is 15.1. The molecular formula is C12H15F3N4O2. The van der Waals surface area contributed by atoms with Gasteiger partial charge in [-0.15, -0.1) is 0 Å². The molecule has 0 spiro atoms. The fraction of sp³-hybridized carbons (Fsp3) is 0.583. The van der Waals surface area contributed by atoms with Crippen molar-refractivity contribution in [3.8, 4) is 0 Å². The van der Waals surface area contributed by atoms with Gasteiger partial charge in [0.1, 0.15) is 12.7 Å². The molecule has 0 radical (unpaired) electrons. The molecule has 2 heterocycles. The first-order valence-corrected chi connectivity index (χ1v) is 6.26. The monoisotopic (exact) mass is 304 g/mol. The number of hydrogen-bond donors (Lipinski definition) is 0. The summed E-state index contributed by atoms with van der Waals surface area (Å²) >= 11 is 0. The zero-order valence-corrected chi connectivity index (χ0v) is 11.8. The van der Waals surface area contributed by atoms with E-state index in [1.54, 1.807) is 24.1 Å². The van der Waals surface area contributed by atoms with Crippen LogP contribution < -0.4 is 0 Å². The van der Waals surface area contributed by atoms with E-state index in [9.17, 15) is 13.2 Å². The predicted molar refractivity (Wildman–Crippen MR) is 65.4 cm³/mol. The molecule has 2 atom stereocenters. The van der Waals surface area contributed by atoms with Gasteiger partial charge in [0.15, 0.2) is 5.82 Å². The van der Waals surface area contributed by atoms with Crippen LogP contribution in [0.15, 0.2) is 16.9 Å². The molecule has 6 nitrogen and oxygen atoms in total. The molecule has 2 rings (SSSR count). The average molecular weight is 304 g/mol. The van der Waals surface area contributed by atoms with Crippen molar-refractivity contribution >= 4 is 0 Å². The Hall–Kier alpha value is -1.90. The Balaban J connectivity index is 2.03. The van der Waals surface area contributed by atoms with E-state index in [1.807, 2.05) is 6.92 Å². The molecule has 0 aliphatic rings. The maximum absolute atomic E-state index is 12.1. The van der Waals surface area contributed by atoms with E-state index in [1.165, 1.54) is 6.92 Å². The van der Waals surface area contributed by atoms with Crippen molar-refractivity contribution in [2.75, 3.05) is 6.61 Å². The minimum absolute atomic E-state index is 0.0880. The Morgan fingerprint density at radius 1 is 1.38 bits per heavy atom. The number of rotatable bonds is 5. The molecule has 0 fully saturated rings. The van der Waals surface area contributed by atoms with Crippen LogP contribution in [0.1, 0.15) is 43.1 Å². The molecule has 2 unspecified atom stereocenters. The lowest BCUT2D eigenvalue weighted by Gasteiger charge is -2.11. The Labute approximate surface area is 118 Å². The summed E-state index contributed by atoms with van der Waals surface area (Å²) in [5.41, 5.74) is 0.872. The van der Waals surface area contributed by atoms with E-state index in [2.05, 4.69) is 20.0 Å². The average Bonchev–Trinajstić information content (AvgIpc) is 3.03. The van der Waals surface area contributed by atoms with Crippen molar-refractivity contribution in [1.29, 1.82) is 0 Å². The SMILES string of the molecule is CC(OCC(F)(F)F)c1noc(C(C)c2cnn(C)c2)n1. The van der Waals surface area contributed by atoms with Crippen molar-refractivity contribution in [3.05, 3.63) is 29.7 Å². The lowest BCUT2D eigenvalue weighted by Crippen LogP contribution is -2.18. The second-order valence-electron chi connectivity index (χ2n) is 4.73. The van der Waals surface area contributed by atoms with Gasteiger partial charge < -0.3 is 9.26 Å². The first kappa shape index (κ1) is 15.5. The molecule has 0 aliphatic carbocycles. The van der Waals surface area contributed by atoms with Crippen LogP contribution in [0.3, 0.4) is 0 Å². The molecule has 2 aromatic heterocycles. The molecule has 116 valence electrons. The molecule has 0 N–H and O–H groups in total. The van der Waals surface area contributed by atoms with Crippen molar-refractivity contribution in [1.82, 2.24) is 19.9 Å². The third-order valence-electron chi connectivity index (χ3n) is 2.91. The van der Waals surface area contributed by atoms with Crippen LogP contribution in [0.4, 0.5) is 13.2 Å². The number of alkyl halides is 3. The van der Waals surface area contributed by atoms with E-state index in [-0.39, 0.29) is 11.7 Å². The molecular weight excluding hydrogens is 289 g/mol. The van der Waals surface area contributed by atoms with Gasteiger partial charge in [0, 0.05) is 18.8 Å². The lowest BCUT2D eigenvalue weighted by molar-refractivity contribution is -0.185. The Bertz CT molecular complexity index is 593. The van der Waals surface area contributed by atoms with E-state index >= 15 is 0 Å². The second kappa shape index (κ2) is 5.84. The number of nitrogens with zero attached hydrogens (tertiary/aromatic N) is 4. The molecule has 0 amide bonds. The van der Waals surface area contributed by atoms with E-state index in [4.69, 9.17) is 4.52 Å². The van der Waals surface area contributed by atoms with Gasteiger partial charge in [-0.2, -0.15) is 23.3 Å². The summed E-state index contributed by atoms with van der Waals surface area (Å²) in [5.74, 6) is 0.195. The van der Waals surface area contributed by atoms with Crippen LogP contribution in [0.5, 0.6) is 0 Å². The van der Waals surface area contributed by atoms with Crippen molar-refractivity contribution in [2.24, 2.45) is 7.05 Å². The van der Waals surface area contributed by atoms with Gasteiger partial charge in [-0.25, -0.2) is 0 Å². The van der Waals surface area contributed by atoms with Crippen LogP contribution in [0.25, 0.3) is 0 Å². The van der Waals surface area contributed by atoms with Crippen molar-refractivity contribution in [2.45, 2.75) is 32.0 Å². The predicted octanol–water partition coefficient (Wildman–Crippen LogP) is 2.59. The minimum Gasteiger partial charge on any atom is -0.361 e. The van der Waals surface area contributed by atoms with Crippen LogP contribution in [-0.4, -0.2) is 32.7 Å². The number of aryl methyl sites for hydroxylation is 1. The Morgan fingerprint density at radius 2 is 2.10 bits per heavy atom. The molecule has 21 heavy (non-hydrogen) atoms. The summed E-state index contributed by atoms with van der Waals surface area (Å²) in [4.78, 5) is 4.09. The van der Waals surface area contributed by atoms with Crippen LogP contribution >= 0.6 is 0 Å². The number of hydrogen-bond acceptors (Lipinski definition) is 5. The number of ether oxygens (including phenoxy) is 1. The summed E-state index contributed by atoms with van der Waals surface area (Å²) in [7, 11) is 1.78. The largest absolute Gasteiger partial charge is 0.411 e. The standard InChI is InChI=1S/C12H15F3N4O2/c1-7(9-4-16-19(3)5-9)11-17-10(18-21-11)8(2)20-6-12(13,14)15/h4-5,7-8H,6H2,1-3H3. The number of aromatic nitrogens is 4. The van der Waals surface area contributed by atoms with Crippen LogP contribution in [-0.2, 0) is 11.8 Å². The highest BCUT2D eigenvalue weighted by molar-refractivity contribution is 5.17. The molecule has 0 aliphatic heterocycles. The van der Waals surface area contributed by atoms with E-state index in [0.29, 0.717) is 5.89 Å². The summed E-state index contributed by atoms with van der Waals surface area (Å²) in [6, 6.07) is 0. The van der Waals surface area contributed by atoms with Crippen molar-refractivity contribution in [3.63, 3.8) is 0 Å². The maximum atomic E-state index is 12.1. The fourth-order valence-corrected chi connectivity index (χ4v) is 1.69. The Kier molecular flexibility index (Phi) is 4.31. The summed E-state index contributed by atoms with van der Waals surface area (Å²) < 4.78 is 47.7. The number of halogens is 3. The summed E-state index contributed by atoms with van der Waals surface area (Å²) in [5, 5.41) is 7.70. The highest BCUT2D eigenvalue weighted by Gasteiger charge is 2.30. The molecule has 9 heteroatoms. The topological polar surface area (TPSA) is 66.0 Å². The van der Waals surface area contributed by atoms with Crippen molar-refractivity contribution < 1.29 is 22.4 Å². The smallest absolute Gasteiger partial charge is 0.361 e. The van der Waals surface area contributed by atoms with E-state index in [0.717, 1.165) is 5.56 Å². The summed E-state index contributed by atoms with van der Waals surface area (Å²) in [6.07, 6.45) is -1.81. The fourth-order valence-electron chi connectivity index (χ4n) is 1.69. The first-order chi connectivity index (χ1) is 9.76. The van der Waals surface area contributed by atoms with Crippen LogP contribution in [0, 0.1) is 0 Å². The quantitative estimate of drug-likeness (QED) is 0.849. The molecule has 0 saturated carbocycles. The van der Waals surface area contributed by atoms with Gasteiger partial charge in [-0.3, -0.25) is 4.68 Å². The third-order valence-corrected chi connectivity index (χ3v) is 2.91. The molecule has 0 bridgehead atoms. The minimum atomic E-state index is -4.39. The zero-order chi connectivity index (χ0) is 15.6.